The highest BCUT2D eigenvalue weighted by atomic mass is 32.1. The van der Waals surface area contributed by atoms with E-state index in [0.29, 0.717) is 44.3 Å². The molecule has 0 unspecified atom stereocenters. The molecule has 0 saturated carbocycles. The van der Waals surface area contributed by atoms with Gasteiger partial charge < -0.3 is 10.4 Å². The highest BCUT2D eigenvalue weighted by molar-refractivity contribution is 7.15. The molecular weight excluding hydrogens is 422 g/mol. The van der Waals surface area contributed by atoms with Crippen molar-refractivity contribution in [2.45, 2.75) is 37.2 Å². The lowest BCUT2D eigenvalue weighted by atomic mass is 10.00. The summed E-state index contributed by atoms with van der Waals surface area (Å²) in [6.45, 7) is 2.11. The number of halogens is 2. The number of hydrogen-bond donors (Lipinski definition) is 2. The number of anilines is 1. The summed E-state index contributed by atoms with van der Waals surface area (Å²) in [5.41, 5.74) is 0.231. The van der Waals surface area contributed by atoms with Crippen molar-refractivity contribution in [1.29, 1.82) is 0 Å². The van der Waals surface area contributed by atoms with Crippen LogP contribution in [0, 0.1) is 0 Å². The Morgan fingerprint density at radius 1 is 1.13 bits per heavy atom. The van der Waals surface area contributed by atoms with Gasteiger partial charge in [0.05, 0.1) is 12.1 Å². The molecule has 31 heavy (non-hydrogen) atoms. The maximum Gasteiger partial charge on any atom is 0.250 e. The molecule has 4 rings (SSSR count). The van der Waals surface area contributed by atoms with E-state index in [0.717, 1.165) is 11.3 Å². The molecule has 0 bridgehead atoms. The summed E-state index contributed by atoms with van der Waals surface area (Å²) in [6, 6.07) is 10.1. The van der Waals surface area contributed by atoms with E-state index in [9.17, 15) is 18.7 Å². The number of rotatable bonds is 7. The van der Waals surface area contributed by atoms with Gasteiger partial charge in [-0.25, -0.2) is 13.8 Å². The molecule has 168 valence electrons. The van der Waals surface area contributed by atoms with Crippen molar-refractivity contribution in [2.24, 2.45) is 0 Å². The lowest BCUT2D eigenvalue weighted by molar-refractivity contribution is -0.117. The van der Waals surface area contributed by atoms with E-state index in [1.807, 2.05) is 28.0 Å². The van der Waals surface area contributed by atoms with Gasteiger partial charge in [-0.1, -0.05) is 30.3 Å². The first-order chi connectivity index (χ1) is 14.8. The molecule has 2 aliphatic rings. The molecule has 6 nitrogen and oxygen atoms in total. The minimum Gasteiger partial charge on any atom is -0.387 e. The highest BCUT2D eigenvalue weighted by Gasteiger charge is 2.41. The zero-order valence-corrected chi connectivity index (χ0v) is 18.2. The monoisotopic (exact) mass is 450 g/mol. The third kappa shape index (κ3) is 6.29. The summed E-state index contributed by atoms with van der Waals surface area (Å²) in [5.74, 6) is -2.75. The van der Waals surface area contributed by atoms with Gasteiger partial charge in [-0.3, -0.25) is 14.6 Å². The largest absolute Gasteiger partial charge is 0.387 e. The number of benzene rings is 1. The van der Waals surface area contributed by atoms with E-state index in [2.05, 4.69) is 22.4 Å². The topological polar surface area (TPSA) is 68.7 Å². The van der Waals surface area contributed by atoms with Crippen LogP contribution in [-0.2, 0) is 11.2 Å². The molecule has 3 heterocycles. The minimum atomic E-state index is -2.59. The predicted octanol–water partition coefficient (Wildman–Crippen LogP) is 2.84. The standard InChI is InChI=1S/C22H28F2N4O2S/c23-22(24)7-10-27(11-8-22)15-21(30)6-9-28(16-21)14-19(29)26-20-25-13-18(31-20)12-17-4-2-1-3-5-17/h1-5,13,30H,6-12,14-16H2,(H,25,26,29)/t21-/m1/s1. The third-order valence-electron chi connectivity index (χ3n) is 5.91. The molecule has 0 radical (unpaired) electrons. The van der Waals surface area contributed by atoms with Crippen LogP contribution in [0.4, 0.5) is 13.9 Å². The van der Waals surface area contributed by atoms with E-state index < -0.39 is 11.5 Å². The highest BCUT2D eigenvalue weighted by Crippen LogP contribution is 2.30. The summed E-state index contributed by atoms with van der Waals surface area (Å²) < 4.78 is 26.7. The quantitative estimate of drug-likeness (QED) is 0.679. The number of aliphatic hydroxyl groups is 1. The van der Waals surface area contributed by atoms with Gasteiger partial charge in [-0.05, 0) is 12.0 Å². The lowest BCUT2D eigenvalue weighted by Crippen LogP contribution is -2.49. The van der Waals surface area contributed by atoms with E-state index in [-0.39, 0.29) is 25.3 Å². The van der Waals surface area contributed by atoms with Gasteiger partial charge in [0.15, 0.2) is 5.13 Å². The molecule has 1 atom stereocenters. The van der Waals surface area contributed by atoms with Crippen molar-refractivity contribution in [2.75, 3.05) is 44.6 Å². The Morgan fingerprint density at radius 2 is 1.84 bits per heavy atom. The first-order valence-electron chi connectivity index (χ1n) is 10.6. The van der Waals surface area contributed by atoms with Gasteiger partial charge in [-0.15, -0.1) is 11.3 Å². The van der Waals surface area contributed by atoms with Crippen LogP contribution in [0.3, 0.4) is 0 Å². The molecule has 0 aliphatic carbocycles. The molecule has 2 saturated heterocycles. The molecule has 1 amide bonds. The Balaban J connectivity index is 1.22. The van der Waals surface area contributed by atoms with Crippen LogP contribution in [0.15, 0.2) is 36.5 Å². The van der Waals surface area contributed by atoms with Crippen LogP contribution < -0.4 is 5.32 Å². The second kappa shape index (κ2) is 9.28. The summed E-state index contributed by atoms with van der Waals surface area (Å²) in [4.78, 5) is 21.6. The Hall–Kier alpha value is -1.94. The average molecular weight is 451 g/mol. The maximum absolute atomic E-state index is 13.3. The Labute approximate surface area is 184 Å². The van der Waals surface area contributed by atoms with Crippen LogP contribution in [0.2, 0.25) is 0 Å². The van der Waals surface area contributed by atoms with Crippen molar-refractivity contribution in [3.8, 4) is 0 Å². The number of carbonyl (C=O) groups is 1. The summed E-state index contributed by atoms with van der Waals surface area (Å²) in [7, 11) is 0. The van der Waals surface area contributed by atoms with E-state index >= 15 is 0 Å². The Bertz CT molecular complexity index is 885. The number of β-amino-alcohol motifs (C(OH)–C–C–N with tert-alkyl or cyclic N) is 1. The molecule has 2 fully saturated rings. The van der Waals surface area contributed by atoms with Crippen molar-refractivity contribution in [3.63, 3.8) is 0 Å². The van der Waals surface area contributed by atoms with E-state index in [4.69, 9.17) is 0 Å². The van der Waals surface area contributed by atoms with Crippen molar-refractivity contribution >= 4 is 22.4 Å². The molecule has 9 heteroatoms. The van der Waals surface area contributed by atoms with Crippen LogP contribution >= 0.6 is 11.3 Å². The minimum absolute atomic E-state index is 0.157. The van der Waals surface area contributed by atoms with E-state index in [1.54, 1.807) is 6.20 Å². The zero-order chi connectivity index (χ0) is 21.9. The van der Waals surface area contributed by atoms with Crippen molar-refractivity contribution in [1.82, 2.24) is 14.8 Å². The molecule has 2 N–H and O–H groups in total. The molecule has 1 aromatic heterocycles. The molecule has 2 aromatic rings. The second-order valence-electron chi connectivity index (χ2n) is 8.66. The van der Waals surface area contributed by atoms with E-state index in [1.165, 1.54) is 16.9 Å². The number of carbonyl (C=O) groups excluding carboxylic acids is 1. The number of hydrogen-bond acceptors (Lipinski definition) is 6. The predicted molar refractivity (Wildman–Crippen MR) is 117 cm³/mol. The first kappa shape index (κ1) is 22.3. The van der Waals surface area contributed by atoms with Crippen LogP contribution in [0.1, 0.15) is 29.7 Å². The summed E-state index contributed by atoms with van der Waals surface area (Å²) >= 11 is 1.46. The van der Waals surface area contributed by atoms with Gasteiger partial charge >= 0.3 is 0 Å². The van der Waals surface area contributed by atoms with Gasteiger partial charge in [0.2, 0.25) is 5.91 Å². The van der Waals surface area contributed by atoms with Gasteiger partial charge in [-0.2, -0.15) is 0 Å². The van der Waals surface area contributed by atoms with Crippen LogP contribution in [0.5, 0.6) is 0 Å². The normalized spacial score (nSPS) is 24.4. The number of aromatic nitrogens is 1. The first-order valence-corrected chi connectivity index (χ1v) is 11.4. The fourth-order valence-corrected chi connectivity index (χ4v) is 5.13. The zero-order valence-electron chi connectivity index (χ0n) is 17.4. The molecule has 1 aromatic carbocycles. The summed E-state index contributed by atoms with van der Waals surface area (Å²) in [6.07, 6.45) is 2.77. The second-order valence-corrected chi connectivity index (χ2v) is 9.77. The number of amides is 1. The molecular formula is C22H28F2N4O2S. The molecule has 0 spiro atoms. The van der Waals surface area contributed by atoms with Crippen molar-refractivity contribution in [3.05, 3.63) is 47.0 Å². The third-order valence-corrected chi connectivity index (χ3v) is 6.82. The lowest BCUT2D eigenvalue weighted by Gasteiger charge is -2.36. The molecule has 2 aliphatic heterocycles. The van der Waals surface area contributed by atoms with Crippen LogP contribution in [-0.4, -0.2) is 76.6 Å². The maximum atomic E-state index is 13.3. The number of likely N-dealkylation sites (tertiary alicyclic amines) is 2. The average Bonchev–Trinajstić information content (AvgIpc) is 3.30. The van der Waals surface area contributed by atoms with Crippen molar-refractivity contribution < 1.29 is 18.7 Å². The number of nitrogens with one attached hydrogen (secondary N) is 1. The smallest absolute Gasteiger partial charge is 0.250 e. The number of nitrogens with zero attached hydrogens (tertiary/aromatic N) is 3. The SMILES string of the molecule is O=C(CN1CC[C@@](O)(CN2CCC(F)(F)CC2)C1)Nc1ncc(Cc2ccccc2)s1. The van der Waals surface area contributed by atoms with Gasteiger partial charge in [0.25, 0.3) is 5.92 Å². The number of piperidine rings is 1. The fourth-order valence-electron chi connectivity index (χ4n) is 4.27. The fraction of sp³-hybridized carbons (Fsp3) is 0.545. The number of thiazole rings is 1. The van der Waals surface area contributed by atoms with Crippen LogP contribution in [0.25, 0.3) is 0 Å². The Kier molecular flexibility index (Phi) is 6.66. The van der Waals surface area contributed by atoms with Gasteiger partial charge in [0, 0.05) is 63.1 Å². The number of alkyl halides is 2. The van der Waals surface area contributed by atoms with Gasteiger partial charge in [0.1, 0.15) is 0 Å². The summed E-state index contributed by atoms with van der Waals surface area (Å²) in [5, 5.41) is 14.3. The Morgan fingerprint density at radius 3 is 2.58 bits per heavy atom.